The summed E-state index contributed by atoms with van der Waals surface area (Å²) in [4.78, 5) is 4.15. The first kappa shape index (κ1) is 11.9. The van der Waals surface area contributed by atoms with Crippen molar-refractivity contribution in [2.24, 2.45) is 0 Å². The third-order valence-corrected chi connectivity index (χ3v) is 3.08. The summed E-state index contributed by atoms with van der Waals surface area (Å²) >= 11 is 0. The van der Waals surface area contributed by atoms with Gasteiger partial charge in [-0.3, -0.25) is 0 Å². The van der Waals surface area contributed by atoms with Crippen molar-refractivity contribution >= 4 is 0 Å². The number of hydrogen-bond donors (Lipinski definition) is 1. The number of rotatable bonds is 3. The highest BCUT2D eigenvalue weighted by Gasteiger charge is 2.11. The third kappa shape index (κ3) is 2.56. The van der Waals surface area contributed by atoms with Gasteiger partial charge in [0.15, 0.2) is 0 Å². The van der Waals surface area contributed by atoms with Crippen molar-refractivity contribution in [1.29, 1.82) is 0 Å². The summed E-state index contributed by atoms with van der Waals surface area (Å²) in [6.45, 7) is 6.58. The molecule has 2 aromatic rings. The molecule has 17 heavy (non-hydrogen) atoms. The van der Waals surface area contributed by atoms with Crippen molar-refractivity contribution in [3.63, 3.8) is 0 Å². The predicted octanol–water partition coefficient (Wildman–Crippen LogP) is 2.54. The molecule has 1 heterocycles. The molecular formula is C14H18N2O. The molecule has 3 nitrogen and oxygen atoms in total. The number of benzene rings is 1. The Labute approximate surface area is 102 Å². The van der Waals surface area contributed by atoms with Gasteiger partial charge in [0, 0.05) is 12.4 Å². The Bertz CT molecular complexity index is 517. The van der Waals surface area contributed by atoms with Crippen LogP contribution in [0.3, 0.4) is 0 Å². The molecular weight excluding hydrogens is 212 g/mol. The lowest BCUT2D eigenvalue weighted by molar-refractivity contribution is 0.155. The Hall–Kier alpha value is -1.61. The lowest BCUT2D eigenvalue weighted by atomic mass is 10.0. The molecule has 0 aliphatic heterocycles. The predicted molar refractivity (Wildman–Crippen MR) is 67.8 cm³/mol. The van der Waals surface area contributed by atoms with Crippen molar-refractivity contribution < 1.29 is 5.11 Å². The van der Waals surface area contributed by atoms with Crippen molar-refractivity contribution in [2.75, 3.05) is 0 Å². The van der Waals surface area contributed by atoms with E-state index >= 15 is 0 Å². The minimum absolute atomic E-state index is 0.483. The van der Waals surface area contributed by atoms with Crippen LogP contribution in [0.25, 0.3) is 0 Å². The molecule has 0 saturated heterocycles. The number of hydrogen-bond acceptors (Lipinski definition) is 2. The largest absolute Gasteiger partial charge is 0.387 e. The maximum Gasteiger partial charge on any atom is 0.105 e. The summed E-state index contributed by atoms with van der Waals surface area (Å²) < 4.78 is 1.96. The fourth-order valence-corrected chi connectivity index (χ4v) is 2.08. The van der Waals surface area contributed by atoms with Crippen molar-refractivity contribution in [3.8, 4) is 0 Å². The number of aliphatic hydroxyl groups excluding tert-OH is 1. The molecule has 2 rings (SSSR count). The average Bonchev–Trinajstić information content (AvgIpc) is 2.64. The van der Waals surface area contributed by atoms with Gasteiger partial charge < -0.3 is 9.67 Å². The third-order valence-electron chi connectivity index (χ3n) is 3.08. The van der Waals surface area contributed by atoms with E-state index in [2.05, 4.69) is 18.0 Å². The van der Waals surface area contributed by atoms with Crippen LogP contribution in [0.5, 0.6) is 0 Å². The number of aromatic nitrogens is 2. The van der Waals surface area contributed by atoms with Crippen molar-refractivity contribution in [1.82, 2.24) is 9.55 Å². The maximum absolute atomic E-state index is 10.2. The fourth-order valence-electron chi connectivity index (χ4n) is 2.08. The molecule has 1 aromatic heterocycles. The van der Waals surface area contributed by atoms with Gasteiger partial charge in [0.2, 0.25) is 0 Å². The van der Waals surface area contributed by atoms with Crippen molar-refractivity contribution in [2.45, 2.75) is 33.4 Å². The Morgan fingerprint density at radius 1 is 1.29 bits per heavy atom. The Kier molecular flexibility index (Phi) is 3.29. The zero-order valence-electron chi connectivity index (χ0n) is 10.5. The van der Waals surface area contributed by atoms with Crippen molar-refractivity contribution in [3.05, 3.63) is 53.1 Å². The molecule has 0 aliphatic carbocycles. The first-order chi connectivity index (χ1) is 8.08. The normalized spacial score (nSPS) is 12.7. The summed E-state index contributed by atoms with van der Waals surface area (Å²) in [6.07, 6.45) is 3.16. The van der Waals surface area contributed by atoms with Gasteiger partial charge in [-0.15, -0.1) is 0 Å². The molecule has 0 saturated carbocycles. The van der Waals surface area contributed by atoms with E-state index in [1.165, 1.54) is 5.56 Å². The van der Waals surface area contributed by atoms with Gasteiger partial charge in [0.05, 0.1) is 12.6 Å². The van der Waals surface area contributed by atoms with E-state index in [0.717, 1.165) is 17.0 Å². The lowest BCUT2D eigenvalue weighted by Gasteiger charge is -2.15. The molecule has 90 valence electrons. The van der Waals surface area contributed by atoms with Gasteiger partial charge in [0.25, 0.3) is 0 Å². The molecule has 0 radical (unpaired) electrons. The highest BCUT2D eigenvalue weighted by Crippen LogP contribution is 2.20. The molecule has 1 N–H and O–H groups in total. The Morgan fingerprint density at radius 2 is 2.06 bits per heavy atom. The van der Waals surface area contributed by atoms with E-state index in [1.54, 1.807) is 6.20 Å². The molecule has 1 unspecified atom stereocenters. The van der Waals surface area contributed by atoms with E-state index < -0.39 is 6.10 Å². The Balaban J connectivity index is 2.20. The maximum atomic E-state index is 10.2. The van der Waals surface area contributed by atoms with Crippen LogP contribution in [0.1, 0.15) is 28.6 Å². The molecule has 0 spiro atoms. The van der Waals surface area contributed by atoms with Crippen LogP contribution in [-0.2, 0) is 6.54 Å². The number of aryl methyl sites for hydroxylation is 3. The monoisotopic (exact) mass is 230 g/mol. The van der Waals surface area contributed by atoms with Gasteiger partial charge in [-0.05, 0) is 31.9 Å². The second kappa shape index (κ2) is 4.72. The minimum Gasteiger partial charge on any atom is -0.387 e. The summed E-state index contributed by atoms with van der Waals surface area (Å²) in [6, 6.07) is 6.13. The van der Waals surface area contributed by atoms with Crippen LogP contribution < -0.4 is 0 Å². The molecule has 3 heteroatoms. The second-order valence-corrected chi connectivity index (χ2v) is 4.50. The molecule has 0 fully saturated rings. The molecule has 0 bridgehead atoms. The van der Waals surface area contributed by atoms with Gasteiger partial charge >= 0.3 is 0 Å². The fraction of sp³-hybridized carbons (Fsp3) is 0.357. The quantitative estimate of drug-likeness (QED) is 0.880. The van der Waals surface area contributed by atoms with E-state index in [1.807, 2.05) is 36.7 Å². The smallest absolute Gasteiger partial charge is 0.105 e. The standard InChI is InChI=1S/C14H18N2O/c1-10-4-5-13(11(2)8-10)14(17)9-16-7-6-15-12(16)3/h4-8,14,17H,9H2,1-3H3. The summed E-state index contributed by atoms with van der Waals surface area (Å²) in [5.74, 6) is 0.925. The number of imidazole rings is 1. The van der Waals surface area contributed by atoms with E-state index in [-0.39, 0.29) is 0 Å². The zero-order chi connectivity index (χ0) is 12.4. The SMILES string of the molecule is Cc1ccc(C(O)Cn2ccnc2C)c(C)c1. The highest BCUT2D eigenvalue weighted by atomic mass is 16.3. The summed E-state index contributed by atoms with van der Waals surface area (Å²) in [5, 5.41) is 10.2. The van der Waals surface area contributed by atoms with E-state index in [0.29, 0.717) is 6.54 Å². The first-order valence-corrected chi connectivity index (χ1v) is 5.81. The van der Waals surface area contributed by atoms with Crippen LogP contribution in [0.15, 0.2) is 30.6 Å². The van der Waals surface area contributed by atoms with Crippen LogP contribution in [0, 0.1) is 20.8 Å². The number of aliphatic hydroxyl groups is 1. The van der Waals surface area contributed by atoms with Crippen LogP contribution in [0.4, 0.5) is 0 Å². The van der Waals surface area contributed by atoms with Crippen LogP contribution >= 0.6 is 0 Å². The van der Waals surface area contributed by atoms with Gasteiger partial charge in [0.1, 0.15) is 5.82 Å². The van der Waals surface area contributed by atoms with E-state index in [4.69, 9.17) is 0 Å². The van der Waals surface area contributed by atoms with Gasteiger partial charge in [-0.25, -0.2) is 4.98 Å². The highest BCUT2D eigenvalue weighted by molar-refractivity contribution is 5.31. The first-order valence-electron chi connectivity index (χ1n) is 5.81. The van der Waals surface area contributed by atoms with Crippen LogP contribution in [0.2, 0.25) is 0 Å². The van der Waals surface area contributed by atoms with Gasteiger partial charge in [-0.1, -0.05) is 23.8 Å². The molecule has 1 aromatic carbocycles. The lowest BCUT2D eigenvalue weighted by Crippen LogP contribution is -2.10. The van der Waals surface area contributed by atoms with Crippen LogP contribution in [-0.4, -0.2) is 14.7 Å². The summed E-state index contributed by atoms with van der Waals surface area (Å²) in [5.41, 5.74) is 3.34. The van der Waals surface area contributed by atoms with E-state index in [9.17, 15) is 5.11 Å². The van der Waals surface area contributed by atoms with Gasteiger partial charge in [-0.2, -0.15) is 0 Å². The number of nitrogens with zero attached hydrogens (tertiary/aromatic N) is 2. The topological polar surface area (TPSA) is 38.0 Å². The molecule has 1 atom stereocenters. The minimum atomic E-state index is -0.483. The average molecular weight is 230 g/mol. The molecule has 0 aliphatic rings. The molecule has 0 amide bonds. The zero-order valence-corrected chi connectivity index (χ0v) is 10.5. The second-order valence-electron chi connectivity index (χ2n) is 4.50. The Morgan fingerprint density at radius 3 is 2.65 bits per heavy atom. The summed E-state index contributed by atoms with van der Waals surface area (Å²) in [7, 11) is 0.